The number of hydrogen-bond donors (Lipinski definition) is 0. The van der Waals surface area contributed by atoms with Crippen molar-refractivity contribution in [1.29, 1.82) is 0 Å². The highest BCUT2D eigenvalue weighted by molar-refractivity contribution is 6.67. The maximum atomic E-state index is 12.9. The van der Waals surface area contributed by atoms with Gasteiger partial charge in [-0.3, -0.25) is 19.2 Å². The molecule has 3 radical (unpaired) electrons. The molecule has 14 aliphatic rings. The smallest absolute Gasteiger partial charge is 0.227 e. The molecule has 10 nitrogen and oxygen atoms in total. The molecule has 76 heavy (non-hydrogen) atoms. The van der Waals surface area contributed by atoms with E-state index in [1.807, 2.05) is 22.0 Å². The Bertz CT molecular complexity index is 1990. The van der Waals surface area contributed by atoms with E-state index in [1.165, 1.54) is 152 Å². The molecule has 8 aliphatic carbocycles. The second kappa shape index (κ2) is 25.3. The molecule has 14 rings (SSSR count). The number of carbonyl (C=O) groups is 4. The van der Waals surface area contributed by atoms with Crippen LogP contribution in [-0.4, -0.2) is 178 Å². The average molecular weight is 1090 g/mol. The molecule has 13 heteroatoms. The van der Waals surface area contributed by atoms with Gasteiger partial charge in [-0.1, -0.05) is 56.0 Å². The lowest BCUT2D eigenvalue weighted by molar-refractivity contribution is -0.909. The molecule has 6 aliphatic heterocycles. The molecule has 0 N–H and O–H groups in total. The maximum absolute atomic E-state index is 12.9. The van der Waals surface area contributed by atoms with Gasteiger partial charge in [0, 0.05) is 85.2 Å². The molecule has 2 amide bonds. The minimum atomic E-state index is -0.434. The van der Waals surface area contributed by atoms with Crippen LogP contribution < -0.4 is 0 Å². The van der Waals surface area contributed by atoms with E-state index in [0.29, 0.717) is 11.8 Å². The first kappa shape index (κ1) is 58.4. The minimum Gasteiger partial charge on any atom is -0.342 e. The third-order valence-corrected chi connectivity index (χ3v) is 22.9. The number of nitrogens with zero attached hydrogens (tertiary/aromatic N) is 6. The number of rotatable bonds is 12. The van der Waals surface area contributed by atoms with Crippen LogP contribution in [0.15, 0.2) is 48.6 Å². The molecule has 0 aromatic carbocycles. The normalized spacial score (nSPS) is 40.0. The molecule has 6 heterocycles. The zero-order valence-corrected chi connectivity index (χ0v) is 47.6. The molecule has 0 aromatic rings. The van der Waals surface area contributed by atoms with Crippen molar-refractivity contribution in [2.45, 2.75) is 110 Å². The molecular formula is C63H98BCl2N6O4+2. The number of halogens is 2. The zero-order valence-electron chi connectivity index (χ0n) is 46.1. The Morgan fingerprint density at radius 1 is 0.395 bits per heavy atom. The first-order valence-electron chi connectivity index (χ1n) is 30.6. The molecule has 0 aromatic heterocycles. The fourth-order valence-corrected chi connectivity index (χ4v) is 19.1. The first-order valence-corrected chi connectivity index (χ1v) is 31.4. The minimum absolute atomic E-state index is 0. The van der Waals surface area contributed by atoms with Crippen LogP contribution in [-0.2, 0) is 19.2 Å². The van der Waals surface area contributed by atoms with Gasteiger partial charge in [-0.15, -0.1) is 0 Å². The van der Waals surface area contributed by atoms with Crippen LogP contribution in [0.5, 0.6) is 0 Å². The fraction of sp³-hybridized carbons (Fsp3) is 0.810. The highest BCUT2D eigenvalue weighted by Crippen LogP contribution is 2.53. The van der Waals surface area contributed by atoms with E-state index in [4.69, 9.17) is 23.2 Å². The van der Waals surface area contributed by atoms with Crippen LogP contribution in [0, 0.1) is 94.7 Å². The summed E-state index contributed by atoms with van der Waals surface area (Å²) in [4.78, 5) is 57.4. The molecule has 10 fully saturated rings. The van der Waals surface area contributed by atoms with E-state index < -0.39 is 10.5 Å². The van der Waals surface area contributed by atoms with Crippen LogP contribution in [0.25, 0.3) is 0 Å². The molecule has 6 saturated heterocycles. The van der Waals surface area contributed by atoms with Crippen molar-refractivity contribution in [2.24, 2.45) is 94.7 Å². The molecule has 4 saturated carbocycles. The van der Waals surface area contributed by atoms with Gasteiger partial charge in [-0.25, -0.2) is 0 Å². The highest BCUT2D eigenvalue weighted by atomic mass is 35.5. The van der Waals surface area contributed by atoms with E-state index in [1.54, 1.807) is 0 Å². The van der Waals surface area contributed by atoms with Crippen molar-refractivity contribution in [2.75, 3.05) is 119 Å². The van der Waals surface area contributed by atoms with Crippen LogP contribution in [0.3, 0.4) is 0 Å². The lowest BCUT2D eigenvalue weighted by atomic mass is 9.81. The van der Waals surface area contributed by atoms with Crippen molar-refractivity contribution in [1.82, 2.24) is 19.6 Å². The van der Waals surface area contributed by atoms with Gasteiger partial charge in [-0.2, -0.15) is 0 Å². The average Bonchev–Trinajstić information content (AvgIpc) is 4.22. The Kier molecular flexibility index (Phi) is 19.4. The molecule has 0 spiro atoms. The van der Waals surface area contributed by atoms with Crippen molar-refractivity contribution in [3.05, 3.63) is 48.6 Å². The first-order chi connectivity index (χ1) is 35.8. The topological polar surface area (TPSA) is 81.2 Å². The number of carbonyl (C=O) groups excluding carboxylic acids is 4. The lowest BCUT2D eigenvalue weighted by Gasteiger charge is -2.40. The summed E-state index contributed by atoms with van der Waals surface area (Å²) in [6.45, 7) is 20.5. The quantitative estimate of drug-likeness (QED) is 0.0840. The predicted octanol–water partition coefficient (Wildman–Crippen LogP) is 9.40. The van der Waals surface area contributed by atoms with Gasteiger partial charge in [-0.05, 0) is 186 Å². The van der Waals surface area contributed by atoms with Gasteiger partial charge in [0.15, 0.2) is 0 Å². The Balaban J connectivity index is 0.000000124. The number of hydrogen-bond acceptors (Lipinski definition) is 6. The Labute approximate surface area is 471 Å². The SMILES string of the molecule is C.C1=CC2CC1C(CN1CCCC1)C2CN1CCCC1.C[N+]1(CC2C3C=CC(C3)C2C[N+]2(C)CCCC2)CCCC1.O=C(C1C2C=CC(C2)C1C(=O)N1CCCC1)N1CCCC1.O=C(Cl)C1C2C=CC(C2)C1C(=O)Cl.[B]. The summed E-state index contributed by atoms with van der Waals surface area (Å²) in [6.07, 6.45) is 39.4. The zero-order chi connectivity index (χ0) is 51.1. The van der Waals surface area contributed by atoms with Crippen LogP contribution in [0.4, 0.5) is 0 Å². The third-order valence-electron chi connectivity index (χ3n) is 22.4. The highest BCUT2D eigenvalue weighted by Gasteiger charge is 2.55. The number of fused-ring (bicyclic) bond motifs is 8. The number of allylic oxidation sites excluding steroid dienone is 8. The van der Waals surface area contributed by atoms with Crippen LogP contribution in [0.1, 0.15) is 110 Å². The van der Waals surface area contributed by atoms with Crippen molar-refractivity contribution in [3.63, 3.8) is 0 Å². The second-order valence-corrected chi connectivity index (χ2v) is 27.9. The Morgan fingerprint density at radius 3 is 0.974 bits per heavy atom. The molecular weight excluding hydrogens is 986 g/mol. The fourth-order valence-electron chi connectivity index (χ4n) is 18.5. The molecule has 16 unspecified atom stereocenters. The predicted molar refractivity (Wildman–Crippen MR) is 308 cm³/mol. The lowest BCUT2D eigenvalue weighted by Crippen LogP contribution is -2.51. The van der Waals surface area contributed by atoms with Crippen molar-refractivity contribution in [3.8, 4) is 0 Å². The van der Waals surface area contributed by atoms with Gasteiger partial charge >= 0.3 is 0 Å². The number of quaternary nitrogens is 2. The largest absolute Gasteiger partial charge is 0.342 e. The summed E-state index contributed by atoms with van der Waals surface area (Å²) in [6, 6.07) is 0. The molecule has 16 atom stereocenters. The van der Waals surface area contributed by atoms with Crippen LogP contribution in [0.2, 0.25) is 0 Å². The second-order valence-electron chi connectivity index (χ2n) is 27.2. The summed E-state index contributed by atoms with van der Waals surface area (Å²) in [5.41, 5.74) is 0. The summed E-state index contributed by atoms with van der Waals surface area (Å²) in [5.74, 6) is 8.01. The Morgan fingerprint density at radius 2 is 0.658 bits per heavy atom. The van der Waals surface area contributed by atoms with E-state index in [9.17, 15) is 19.2 Å². The standard InChI is InChI=1S/C19H34N2.C17H24N2O2.C17H28N2.C9H8Cl2O2.CH4.B/c1-20(9-3-4-10-20)14-18-16-7-8-17(13-16)19(18)15-21(2)11-5-6-12-21;20-16(18-7-1-2-8-18)14-12-5-6-13(11-12)15(14)17(21)19-9-3-4-10-19;1-2-8-18(7-1)12-16-14-5-6-15(11-14)17(16)13-19-9-3-4-10-19;10-8(12)6-4-1-2-5(3-4)7(6)9(11)13;;/h7-8,16-19H,3-6,9-15H2,1-2H3;5-6,12-15H,1-4,7-11H2;5-6,14-17H,1-4,7-13H2;1-2,4-7H,3H2;1H4;/q+2;;;;;. The number of amides is 2. The third kappa shape index (κ3) is 12.5. The Hall–Kier alpha value is -2.28. The van der Waals surface area contributed by atoms with Gasteiger partial charge in [0.2, 0.25) is 22.3 Å². The van der Waals surface area contributed by atoms with E-state index in [0.717, 1.165) is 112 Å². The summed E-state index contributed by atoms with van der Waals surface area (Å²) >= 11 is 10.9. The van der Waals surface area contributed by atoms with Crippen LogP contribution >= 0.6 is 23.2 Å². The number of likely N-dealkylation sites (tertiary alicyclic amines) is 6. The maximum Gasteiger partial charge on any atom is 0.227 e. The van der Waals surface area contributed by atoms with Gasteiger partial charge < -0.3 is 28.6 Å². The monoisotopic (exact) mass is 1080 g/mol. The van der Waals surface area contributed by atoms with Crippen molar-refractivity contribution >= 4 is 53.9 Å². The molecule has 8 bridgehead atoms. The summed E-state index contributed by atoms with van der Waals surface area (Å²) in [5, 5.41) is -0.869. The molecule has 419 valence electrons. The van der Waals surface area contributed by atoms with Crippen molar-refractivity contribution < 1.29 is 28.1 Å². The van der Waals surface area contributed by atoms with Gasteiger partial charge in [0.05, 0.1) is 77.0 Å². The van der Waals surface area contributed by atoms with E-state index in [2.05, 4.69) is 60.4 Å². The van der Waals surface area contributed by atoms with E-state index >= 15 is 0 Å². The summed E-state index contributed by atoms with van der Waals surface area (Å²) < 4.78 is 2.75. The summed E-state index contributed by atoms with van der Waals surface area (Å²) in [7, 11) is 5.07. The van der Waals surface area contributed by atoms with Gasteiger partial charge in [0.25, 0.3) is 0 Å². The van der Waals surface area contributed by atoms with E-state index in [-0.39, 0.29) is 63.2 Å². The van der Waals surface area contributed by atoms with Gasteiger partial charge in [0.1, 0.15) is 0 Å².